The lowest BCUT2D eigenvalue weighted by molar-refractivity contribution is -0.384. The Morgan fingerprint density at radius 1 is 1.12 bits per heavy atom. The molecule has 1 amide bonds. The highest BCUT2D eigenvalue weighted by atomic mass is 16.6. The molecule has 2 rings (SSSR count). The van der Waals surface area contributed by atoms with Gasteiger partial charge in [0.2, 0.25) is 0 Å². The third kappa shape index (κ3) is 4.87. The summed E-state index contributed by atoms with van der Waals surface area (Å²) in [5.41, 5.74) is 2.72. The van der Waals surface area contributed by atoms with Crippen LogP contribution < -0.4 is 5.32 Å². The number of nitro groups is 1. The van der Waals surface area contributed by atoms with Crippen molar-refractivity contribution >= 4 is 17.6 Å². The van der Waals surface area contributed by atoms with Crippen LogP contribution >= 0.6 is 0 Å². The van der Waals surface area contributed by atoms with Crippen LogP contribution in [0, 0.1) is 24.0 Å². The maximum absolute atomic E-state index is 12.3. The number of aryl methyl sites for hydroxylation is 2. The summed E-state index contributed by atoms with van der Waals surface area (Å²) in [6.45, 7) is 3.71. The van der Waals surface area contributed by atoms with Gasteiger partial charge >= 0.3 is 5.97 Å². The molecule has 0 aromatic heterocycles. The van der Waals surface area contributed by atoms with Gasteiger partial charge in [0.1, 0.15) is 6.04 Å². The van der Waals surface area contributed by atoms with Crippen LogP contribution in [0.3, 0.4) is 0 Å². The lowest BCUT2D eigenvalue weighted by Gasteiger charge is -2.15. The molecule has 0 spiro atoms. The van der Waals surface area contributed by atoms with Gasteiger partial charge in [-0.15, -0.1) is 0 Å². The third-order valence-electron chi connectivity index (χ3n) is 3.67. The number of non-ortho nitro benzene ring substituents is 1. The molecule has 7 heteroatoms. The molecule has 0 saturated heterocycles. The van der Waals surface area contributed by atoms with Crippen molar-refractivity contribution in [3.63, 3.8) is 0 Å². The van der Waals surface area contributed by atoms with Crippen LogP contribution in [0.15, 0.2) is 42.5 Å². The Bertz CT molecular complexity index is 794. The van der Waals surface area contributed by atoms with Crippen LogP contribution in [-0.4, -0.2) is 27.9 Å². The van der Waals surface area contributed by atoms with E-state index in [1.165, 1.54) is 24.3 Å². The number of amides is 1. The van der Waals surface area contributed by atoms with Crippen molar-refractivity contribution in [2.24, 2.45) is 0 Å². The zero-order valence-electron chi connectivity index (χ0n) is 13.9. The van der Waals surface area contributed by atoms with Crippen LogP contribution in [0.5, 0.6) is 0 Å². The molecule has 0 bridgehead atoms. The molecule has 130 valence electrons. The Labute approximate surface area is 144 Å². The lowest BCUT2D eigenvalue weighted by atomic mass is 10.0. The predicted octanol–water partition coefficient (Wildman–Crippen LogP) is 2.64. The summed E-state index contributed by atoms with van der Waals surface area (Å²) in [7, 11) is 0. The second-order valence-electron chi connectivity index (χ2n) is 5.87. The standard InChI is InChI=1S/C18H18N2O5/c1-11-7-12(2)9-14(8-11)17(21)19-16(18(22)23)10-13-3-5-15(6-4-13)20(24)25/h3-9,16H,10H2,1-2H3,(H,19,21)(H,22,23)/t16-/m0/s1. The Morgan fingerprint density at radius 2 is 1.68 bits per heavy atom. The number of carbonyl (C=O) groups is 2. The summed E-state index contributed by atoms with van der Waals surface area (Å²) < 4.78 is 0. The second kappa shape index (κ2) is 7.57. The first-order valence-electron chi connectivity index (χ1n) is 7.61. The van der Waals surface area contributed by atoms with Gasteiger partial charge in [0.25, 0.3) is 11.6 Å². The smallest absolute Gasteiger partial charge is 0.326 e. The summed E-state index contributed by atoms with van der Waals surface area (Å²) in [6, 6.07) is 9.74. The molecule has 0 unspecified atom stereocenters. The van der Waals surface area contributed by atoms with Crippen molar-refractivity contribution in [1.82, 2.24) is 5.32 Å². The van der Waals surface area contributed by atoms with Crippen LogP contribution in [0.1, 0.15) is 27.0 Å². The van der Waals surface area contributed by atoms with E-state index < -0.39 is 22.8 Å². The van der Waals surface area contributed by atoms with Gasteiger partial charge in [0.05, 0.1) is 4.92 Å². The molecular weight excluding hydrogens is 324 g/mol. The van der Waals surface area contributed by atoms with Crippen molar-refractivity contribution in [2.45, 2.75) is 26.3 Å². The van der Waals surface area contributed by atoms with Gasteiger partial charge in [-0.2, -0.15) is 0 Å². The van der Waals surface area contributed by atoms with Gasteiger partial charge in [0.15, 0.2) is 0 Å². The number of nitro benzene ring substituents is 1. The van der Waals surface area contributed by atoms with Gasteiger partial charge in [0, 0.05) is 24.1 Å². The zero-order chi connectivity index (χ0) is 18.6. The molecule has 0 fully saturated rings. The average Bonchev–Trinajstić information content (AvgIpc) is 2.53. The van der Waals surface area contributed by atoms with Gasteiger partial charge in [-0.3, -0.25) is 14.9 Å². The number of hydrogen-bond acceptors (Lipinski definition) is 4. The minimum absolute atomic E-state index is 0.0316. The van der Waals surface area contributed by atoms with Crippen LogP contribution in [0.25, 0.3) is 0 Å². The van der Waals surface area contributed by atoms with Gasteiger partial charge in [-0.25, -0.2) is 4.79 Å². The summed E-state index contributed by atoms with van der Waals surface area (Å²) >= 11 is 0. The molecule has 0 aliphatic carbocycles. The summed E-state index contributed by atoms with van der Waals surface area (Å²) in [5, 5.41) is 22.5. The third-order valence-corrected chi connectivity index (χ3v) is 3.67. The van der Waals surface area contributed by atoms with Crippen molar-refractivity contribution in [3.8, 4) is 0 Å². The molecule has 0 aliphatic heterocycles. The average molecular weight is 342 g/mol. The number of nitrogens with zero attached hydrogens (tertiary/aromatic N) is 1. The molecule has 2 aromatic carbocycles. The number of aliphatic carboxylic acids is 1. The zero-order valence-corrected chi connectivity index (χ0v) is 13.9. The van der Waals surface area contributed by atoms with Gasteiger partial charge in [-0.1, -0.05) is 29.3 Å². The SMILES string of the molecule is Cc1cc(C)cc(C(=O)N[C@@H](Cc2ccc([N+](=O)[O-])cc2)C(=O)O)c1. The van der Waals surface area contributed by atoms with Crippen LogP contribution in [-0.2, 0) is 11.2 Å². The van der Waals surface area contributed by atoms with Crippen molar-refractivity contribution in [1.29, 1.82) is 0 Å². The number of nitrogens with one attached hydrogen (secondary N) is 1. The fourth-order valence-electron chi connectivity index (χ4n) is 2.54. The summed E-state index contributed by atoms with van der Waals surface area (Å²) in [5.74, 6) is -1.64. The van der Waals surface area contributed by atoms with E-state index in [0.717, 1.165) is 11.1 Å². The topological polar surface area (TPSA) is 110 Å². The monoisotopic (exact) mass is 342 g/mol. The first kappa shape index (κ1) is 18.1. The van der Waals surface area contributed by atoms with Crippen molar-refractivity contribution < 1.29 is 19.6 Å². The number of carboxylic acids is 1. The number of hydrogen-bond donors (Lipinski definition) is 2. The molecule has 2 aromatic rings. The molecule has 0 heterocycles. The molecule has 7 nitrogen and oxygen atoms in total. The molecular formula is C18H18N2O5. The Balaban J connectivity index is 2.13. The molecule has 1 atom stereocenters. The van der Waals surface area contributed by atoms with E-state index in [4.69, 9.17) is 0 Å². The van der Waals surface area contributed by atoms with E-state index in [1.54, 1.807) is 12.1 Å². The first-order valence-corrected chi connectivity index (χ1v) is 7.61. The lowest BCUT2D eigenvalue weighted by Crippen LogP contribution is -2.42. The van der Waals surface area contributed by atoms with Crippen molar-refractivity contribution in [3.05, 3.63) is 74.8 Å². The second-order valence-corrected chi connectivity index (χ2v) is 5.87. The van der Waals surface area contributed by atoms with E-state index in [2.05, 4.69) is 5.32 Å². The van der Waals surface area contributed by atoms with E-state index in [1.807, 2.05) is 19.9 Å². The molecule has 0 saturated carbocycles. The fraction of sp³-hybridized carbons (Fsp3) is 0.222. The number of rotatable bonds is 6. The van der Waals surface area contributed by atoms with Crippen molar-refractivity contribution in [2.75, 3.05) is 0 Å². The number of carbonyl (C=O) groups excluding carboxylic acids is 1. The Kier molecular flexibility index (Phi) is 5.49. The summed E-state index contributed by atoms with van der Waals surface area (Å²) in [6.07, 6.45) is 0.0316. The maximum atomic E-state index is 12.3. The first-order chi connectivity index (χ1) is 11.8. The van der Waals surface area contributed by atoms with E-state index >= 15 is 0 Å². The van der Waals surface area contributed by atoms with Gasteiger partial charge in [-0.05, 0) is 31.5 Å². The molecule has 0 aliphatic rings. The predicted molar refractivity (Wildman–Crippen MR) is 91.6 cm³/mol. The fourth-order valence-corrected chi connectivity index (χ4v) is 2.54. The summed E-state index contributed by atoms with van der Waals surface area (Å²) in [4.78, 5) is 33.9. The Hall–Kier alpha value is -3.22. The molecule has 0 radical (unpaired) electrons. The minimum atomic E-state index is -1.17. The minimum Gasteiger partial charge on any atom is -0.480 e. The van der Waals surface area contributed by atoms with Crippen LogP contribution in [0.2, 0.25) is 0 Å². The number of carboxylic acid groups (broad SMARTS) is 1. The number of benzene rings is 2. The van der Waals surface area contributed by atoms with E-state index in [9.17, 15) is 24.8 Å². The highest BCUT2D eigenvalue weighted by Gasteiger charge is 2.21. The normalized spacial score (nSPS) is 11.6. The highest BCUT2D eigenvalue weighted by molar-refractivity contribution is 5.97. The highest BCUT2D eigenvalue weighted by Crippen LogP contribution is 2.14. The van der Waals surface area contributed by atoms with E-state index in [-0.39, 0.29) is 12.1 Å². The van der Waals surface area contributed by atoms with E-state index in [0.29, 0.717) is 11.1 Å². The molecule has 2 N–H and O–H groups in total. The maximum Gasteiger partial charge on any atom is 0.326 e. The van der Waals surface area contributed by atoms with Gasteiger partial charge < -0.3 is 10.4 Å². The quantitative estimate of drug-likeness (QED) is 0.619. The van der Waals surface area contributed by atoms with Crippen LogP contribution in [0.4, 0.5) is 5.69 Å². The Morgan fingerprint density at radius 3 is 2.16 bits per heavy atom. The largest absolute Gasteiger partial charge is 0.480 e. The molecule has 25 heavy (non-hydrogen) atoms.